The molecular formula is C21H21Cl2NO5S. The Morgan fingerprint density at radius 2 is 1.90 bits per heavy atom. The third kappa shape index (κ3) is 4.24. The molecule has 0 radical (unpaired) electrons. The van der Waals surface area contributed by atoms with Gasteiger partial charge >= 0.3 is 0 Å². The zero-order valence-electron chi connectivity index (χ0n) is 16.4. The number of sulfone groups is 1. The summed E-state index contributed by atoms with van der Waals surface area (Å²) in [6, 6.07) is 10.4. The Kier molecular flexibility index (Phi) is 5.64. The van der Waals surface area contributed by atoms with Gasteiger partial charge in [-0.15, -0.1) is 0 Å². The van der Waals surface area contributed by atoms with Gasteiger partial charge < -0.3 is 14.4 Å². The molecule has 4 rings (SSSR count). The van der Waals surface area contributed by atoms with Crippen molar-refractivity contribution in [2.45, 2.75) is 18.3 Å². The second kappa shape index (κ2) is 7.94. The minimum absolute atomic E-state index is 0.0329. The molecule has 6 nitrogen and oxygen atoms in total. The molecule has 2 aromatic rings. The van der Waals surface area contributed by atoms with Crippen LogP contribution in [0.25, 0.3) is 0 Å². The number of carbonyl (C=O) groups is 1. The molecule has 1 unspecified atom stereocenters. The van der Waals surface area contributed by atoms with Crippen molar-refractivity contribution >= 4 is 38.9 Å². The summed E-state index contributed by atoms with van der Waals surface area (Å²) in [7, 11) is -3.17. The van der Waals surface area contributed by atoms with Crippen LogP contribution in [0.3, 0.4) is 0 Å². The van der Waals surface area contributed by atoms with Gasteiger partial charge in [0.1, 0.15) is 9.84 Å². The number of halogens is 2. The number of hydrogen-bond donors (Lipinski definition) is 0. The average Bonchev–Trinajstić information content (AvgIpc) is 3.32. The summed E-state index contributed by atoms with van der Waals surface area (Å²) < 4.78 is 34.7. The molecule has 2 aliphatic heterocycles. The van der Waals surface area contributed by atoms with Crippen LogP contribution in [0.1, 0.15) is 28.8 Å². The summed E-state index contributed by atoms with van der Waals surface area (Å²) in [6.07, 6.45) is 2.27. The Morgan fingerprint density at radius 3 is 2.63 bits per heavy atom. The first-order valence-corrected chi connectivity index (χ1v) is 12.3. The Hall–Kier alpha value is -1.96. The highest BCUT2D eigenvalue weighted by atomic mass is 35.5. The number of ether oxygens (including phenoxy) is 2. The van der Waals surface area contributed by atoms with Gasteiger partial charge in [0.05, 0.1) is 16.3 Å². The van der Waals surface area contributed by atoms with Crippen molar-refractivity contribution in [1.82, 2.24) is 4.90 Å². The molecule has 2 heterocycles. The molecule has 1 amide bonds. The first kappa shape index (κ1) is 21.3. The van der Waals surface area contributed by atoms with Crippen LogP contribution in [0.5, 0.6) is 11.5 Å². The molecule has 0 bridgehead atoms. The van der Waals surface area contributed by atoms with Crippen molar-refractivity contribution in [3.63, 3.8) is 0 Å². The van der Waals surface area contributed by atoms with Gasteiger partial charge in [-0.3, -0.25) is 4.79 Å². The average molecular weight is 470 g/mol. The van der Waals surface area contributed by atoms with E-state index in [1.165, 1.54) is 6.26 Å². The van der Waals surface area contributed by atoms with Crippen LogP contribution < -0.4 is 9.47 Å². The largest absolute Gasteiger partial charge is 0.454 e. The molecular weight excluding hydrogens is 449 g/mol. The minimum Gasteiger partial charge on any atom is -0.454 e. The molecule has 1 saturated heterocycles. The predicted molar refractivity (Wildman–Crippen MR) is 116 cm³/mol. The van der Waals surface area contributed by atoms with E-state index in [9.17, 15) is 13.2 Å². The number of nitrogens with zero attached hydrogens (tertiary/aromatic N) is 1. The molecule has 30 heavy (non-hydrogen) atoms. The zero-order chi connectivity index (χ0) is 21.5. The van der Waals surface area contributed by atoms with Crippen LogP contribution in [-0.2, 0) is 15.3 Å². The summed E-state index contributed by atoms with van der Waals surface area (Å²) >= 11 is 12.2. The maximum atomic E-state index is 13.1. The highest BCUT2D eigenvalue weighted by Gasteiger charge is 2.42. The molecule has 0 saturated carbocycles. The van der Waals surface area contributed by atoms with Crippen LogP contribution in [0.15, 0.2) is 36.4 Å². The van der Waals surface area contributed by atoms with Crippen LogP contribution in [-0.4, -0.2) is 51.1 Å². The number of benzene rings is 2. The highest BCUT2D eigenvalue weighted by molar-refractivity contribution is 7.90. The fourth-order valence-corrected chi connectivity index (χ4v) is 5.32. The molecule has 0 spiro atoms. The second-order valence-electron chi connectivity index (χ2n) is 7.83. The molecule has 2 aromatic carbocycles. The van der Waals surface area contributed by atoms with Crippen molar-refractivity contribution in [2.24, 2.45) is 0 Å². The van der Waals surface area contributed by atoms with E-state index in [4.69, 9.17) is 32.7 Å². The van der Waals surface area contributed by atoms with Crippen molar-refractivity contribution < 1.29 is 22.7 Å². The quantitative estimate of drug-likeness (QED) is 0.662. The second-order valence-corrected chi connectivity index (χ2v) is 10.9. The van der Waals surface area contributed by atoms with E-state index in [1.807, 2.05) is 18.2 Å². The van der Waals surface area contributed by atoms with Gasteiger partial charge in [-0.1, -0.05) is 29.3 Å². The topological polar surface area (TPSA) is 72.9 Å². The third-order valence-corrected chi connectivity index (χ3v) is 7.23. The van der Waals surface area contributed by atoms with Gasteiger partial charge in [0.2, 0.25) is 6.79 Å². The summed E-state index contributed by atoms with van der Waals surface area (Å²) in [5.74, 6) is 1.14. The van der Waals surface area contributed by atoms with Crippen molar-refractivity contribution in [3.8, 4) is 11.5 Å². The summed E-state index contributed by atoms with van der Waals surface area (Å²) in [5, 5.41) is 0.755. The van der Waals surface area contributed by atoms with Crippen LogP contribution >= 0.6 is 23.2 Å². The Labute approximate surface area is 185 Å². The van der Waals surface area contributed by atoms with E-state index in [1.54, 1.807) is 23.1 Å². The molecule has 1 atom stereocenters. The normalized spacial score (nSPS) is 20.6. The number of carbonyl (C=O) groups excluding carboxylic acids is 1. The third-order valence-electron chi connectivity index (χ3n) is 5.74. The lowest BCUT2D eigenvalue weighted by Crippen LogP contribution is -2.36. The molecule has 0 aliphatic carbocycles. The molecule has 1 fully saturated rings. The first-order valence-electron chi connectivity index (χ1n) is 9.49. The van der Waals surface area contributed by atoms with E-state index in [2.05, 4.69) is 0 Å². The number of hydrogen-bond acceptors (Lipinski definition) is 5. The van der Waals surface area contributed by atoms with Gasteiger partial charge in [-0.25, -0.2) is 8.42 Å². The SMILES string of the molecule is CS(=O)(=O)CCC1(c2ccc3c(c2)OCO3)CCN(C(=O)c2ccc(Cl)cc2Cl)C1. The predicted octanol–water partition coefficient (Wildman–Crippen LogP) is 3.94. The standard InChI is InChI=1S/C21H21Cl2NO5S/c1-30(26,27)9-7-21(14-2-5-18-19(10-14)29-13-28-18)6-8-24(12-21)20(25)16-4-3-15(22)11-17(16)23/h2-5,10-11H,6-9,12-13H2,1H3. The van der Waals surface area contributed by atoms with E-state index in [0.29, 0.717) is 53.0 Å². The molecule has 0 aromatic heterocycles. The van der Waals surface area contributed by atoms with Crippen molar-refractivity contribution in [1.29, 1.82) is 0 Å². The van der Waals surface area contributed by atoms with Crippen molar-refractivity contribution in [2.75, 3.05) is 31.9 Å². The van der Waals surface area contributed by atoms with Gasteiger partial charge in [-0.05, 0) is 48.7 Å². The molecule has 9 heteroatoms. The number of rotatable bonds is 5. The van der Waals surface area contributed by atoms with Crippen LogP contribution in [0.4, 0.5) is 0 Å². The lowest BCUT2D eigenvalue weighted by atomic mass is 9.77. The van der Waals surface area contributed by atoms with Crippen LogP contribution in [0.2, 0.25) is 10.0 Å². The van der Waals surface area contributed by atoms with E-state index in [0.717, 1.165) is 5.56 Å². The van der Waals surface area contributed by atoms with E-state index < -0.39 is 15.3 Å². The molecule has 0 N–H and O–H groups in total. The van der Waals surface area contributed by atoms with Gasteiger partial charge in [-0.2, -0.15) is 0 Å². The van der Waals surface area contributed by atoms with Gasteiger partial charge in [0, 0.05) is 29.8 Å². The maximum absolute atomic E-state index is 13.1. The summed E-state index contributed by atoms with van der Waals surface area (Å²) in [6.45, 7) is 1.05. The van der Waals surface area contributed by atoms with E-state index in [-0.39, 0.29) is 18.5 Å². The van der Waals surface area contributed by atoms with E-state index >= 15 is 0 Å². The fourth-order valence-electron chi connectivity index (χ4n) is 4.07. The van der Waals surface area contributed by atoms with Gasteiger partial charge in [0.25, 0.3) is 5.91 Å². The zero-order valence-corrected chi connectivity index (χ0v) is 18.7. The first-order chi connectivity index (χ1) is 14.2. The molecule has 2 aliphatic rings. The summed E-state index contributed by atoms with van der Waals surface area (Å²) in [4.78, 5) is 14.8. The lowest BCUT2D eigenvalue weighted by Gasteiger charge is -2.30. The highest BCUT2D eigenvalue weighted by Crippen LogP contribution is 2.43. The van der Waals surface area contributed by atoms with Crippen molar-refractivity contribution in [3.05, 3.63) is 57.6 Å². The Morgan fingerprint density at radius 1 is 1.13 bits per heavy atom. The number of likely N-dealkylation sites (tertiary alicyclic amines) is 1. The monoisotopic (exact) mass is 469 g/mol. The Balaban J connectivity index is 1.65. The summed E-state index contributed by atoms with van der Waals surface area (Å²) in [5.41, 5.74) is 0.817. The maximum Gasteiger partial charge on any atom is 0.255 e. The smallest absolute Gasteiger partial charge is 0.255 e. The fraction of sp³-hybridized carbons (Fsp3) is 0.381. The van der Waals surface area contributed by atoms with Crippen LogP contribution in [0, 0.1) is 0 Å². The van der Waals surface area contributed by atoms with Gasteiger partial charge in [0.15, 0.2) is 11.5 Å². The lowest BCUT2D eigenvalue weighted by molar-refractivity contribution is 0.0783. The number of amides is 1. The Bertz CT molecular complexity index is 1100. The number of fused-ring (bicyclic) bond motifs is 1. The molecule has 160 valence electrons. The minimum atomic E-state index is -3.17.